The van der Waals surface area contributed by atoms with Crippen LogP contribution in [0.2, 0.25) is 0 Å². The van der Waals surface area contributed by atoms with Gasteiger partial charge in [0.2, 0.25) is 5.91 Å². The van der Waals surface area contributed by atoms with Gasteiger partial charge < -0.3 is 5.32 Å². The first kappa shape index (κ1) is 14.7. The summed E-state index contributed by atoms with van der Waals surface area (Å²) in [6.07, 6.45) is 0.888. The highest BCUT2D eigenvalue weighted by Gasteiger charge is 2.42. The lowest BCUT2D eigenvalue weighted by Crippen LogP contribution is -2.38. The number of carbonyl (C=O) groups is 4. The molecule has 5 amide bonds. The van der Waals surface area contributed by atoms with Gasteiger partial charge in [-0.05, 0) is 24.1 Å². The van der Waals surface area contributed by atoms with Crippen LogP contribution < -0.4 is 5.32 Å². The first-order valence-corrected chi connectivity index (χ1v) is 6.46. The molecule has 0 atom stereocenters. The monoisotopic (exact) mass is 289 g/mol. The molecule has 1 aliphatic rings. The van der Waals surface area contributed by atoms with E-state index >= 15 is 0 Å². The average Bonchev–Trinajstić information content (AvgIpc) is 2.66. The van der Waals surface area contributed by atoms with Crippen LogP contribution in [0.1, 0.15) is 12.5 Å². The molecule has 7 heteroatoms. The van der Waals surface area contributed by atoms with E-state index in [9.17, 15) is 19.2 Å². The van der Waals surface area contributed by atoms with Gasteiger partial charge in [0.15, 0.2) is 0 Å². The Kier molecular flexibility index (Phi) is 4.02. The lowest BCUT2D eigenvalue weighted by molar-refractivity contribution is -0.143. The van der Waals surface area contributed by atoms with Gasteiger partial charge in [0.25, 0.3) is 0 Å². The Morgan fingerprint density at radius 1 is 1.10 bits per heavy atom. The highest BCUT2D eigenvalue weighted by Crippen LogP contribution is 2.12. The molecular formula is C14H15N3O4. The zero-order valence-corrected chi connectivity index (χ0v) is 11.8. The summed E-state index contributed by atoms with van der Waals surface area (Å²) in [4.78, 5) is 47.6. The Morgan fingerprint density at radius 2 is 1.71 bits per heavy atom. The fraction of sp³-hybridized carbons (Fsp3) is 0.286. The largest absolute Gasteiger partial charge is 0.334 e. The fourth-order valence-corrected chi connectivity index (χ4v) is 1.92. The average molecular weight is 289 g/mol. The van der Waals surface area contributed by atoms with E-state index in [1.54, 1.807) is 12.1 Å². The summed E-state index contributed by atoms with van der Waals surface area (Å²) in [5.41, 5.74) is 1.70. The van der Waals surface area contributed by atoms with Crippen LogP contribution in [0.4, 0.5) is 10.5 Å². The van der Waals surface area contributed by atoms with Gasteiger partial charge in [0.05, 0.1) is 0 Å². The highest BCUT2D eigenvalue weighted by molar-refractivity contribution is 6.44. The number of hydrogen-bond donors (Lipinski definition) is 1. The number of carbonyl (C=O) groups excluding carboxylic acids is 4. The number of nitrogens with one attached hydrogen (secondary N) is 1. The van der Waals surface area contributed by atoms with Crippen LogP contribution in [0, 0.1) is 0 Å². The third-order valence-corrected chi connectivity index (χ3v) is 3.20. The lowest BCUT2D eigenvalue weighted by Gasteiger charge is -2.12. The molecule has 1 saturated heterocycles. The molecule has 1 aliphatic heterocycles. The second-order valence-corrected chi connectivity index (χ2v) is 4.64. The van der Waals surface area contributed by atoms with Crippen molar-refractivity contribution in [1.29, 1.82) is 0 Å². The maximum atomic E-state index is 11.8. The topological polar surface area (TPSA) is 86.8 Å². The lowest BCUT2D eigenvalue weighted by atomic mass is 10.1. The summed E-state index contributed by atoms with van der Waals surface area (Å²) in [7, 11) is 1.20. The van der Waals surface area contributed by atoms with E-state index in [1.807, 2.05) is 19.1 Å². The molecule has 0 saturated carbocycles. The van der Waals surface area contributed by atoms with Crippen molar-refractivity contribution in [2.75, 3.05) is 18.9 Å². The van der Waals surface area contributed by atoms with E-state index in [4.69, 9.17) is 0 Å². The van der Waals surface area contributed by atoms with Gasteiger partial charge in [0.1, 0.15) is 6.54 Å². The van der Waals surface area contributed by atoms with Crippen molar-refractivity contribution in [3.05, 3.63) is 29.8 Å². The first-order chi connectivity index (χ1) is 9.93. The predicted molar refractivity (Wildman–Crippen MR) is 74.3 cm³/mol. The number of imide groups is 2. The molecular weight excluding hydrogens is 274 g/mol. The van der Waals surface area contributed by atoms with E-state index in [1.165, 1.54) is 7.05 Å². The molecule has 0 unspecified atom stereocenters. The molecule has 1 aromatic carbocycles. The van der Waals surface area contributed by atoms with Gasteiger partial charge in [-0.1, -0.05) is 19.1 Å². The van der Waals surface area contributed by atoms with Crippen molar-refractivity contribution < 1.29 is 19.2 Å². The van der Waals surface area contributed by atoms with Crippen molar-refractivity contribution in [2.45, 2.75) is 13.3 Å². The zero-order valence-electron chi connectivity index (χ0n) is 11.8. The second-order valence-electron chi connectivity index (χ2n) is 4.64. The molecule has 1 fully saturated rings. The van der Waals surface area contributed by atoms with Gasteiger partial charge in [-0.25, -0.2) is 9.69 Å². The van der Waals surface area contributed by atoms with Gasteiger partial charge in [-0.3, -0.25) is 19.3 Å². The van der Waals surface area contributed by atoms with Crippen LogP contribution in [-0.4, -0.2) is 47.1 Å². The number of hydrogen-bond acceptors (Lipinski definition) is 4. The van der Waals surface area contributed by atoms with E-state index in [2.05, 4.69) is 5.32 Å². The highest BCUT2D eigenvalue weighted by atomic mass is 16.2. The minimum atomic E-state index is -0.987. The van der Waals surface area contributed by atoms with E-state index < -0.39 is 30.3 Å². The Hall–Kier alpha value is -2.70. The van der Waals surface area contributed by atoms with E-state index in [0.717, 1.165) is 12.0 Å². The molecule has 21 heavy (non-hydrogen) atoms. The summed E-state index contributed by atoms with van der Waals surface area (Å²) >= 11 is 0. The normalized spacial score (nSPS) is 14.9. The zero-order chi connectivity index (χ0) is 15.6. The summed E-state index contributed by atoms with van der Waals surface area (Å²) < 4.78 is 0. The second kappa shape index (κ2) is 5.74. The van der Waals surface area contributed by atoms with Crippen LogP contribution in [0.25, 0.3) is 0 Å². The van der Waals surface area contributed by atoms with Crippen LogP contribution in [-0.2, 0) is 20.8 Å². The molecule has 0 radical (unpaired) electrons. The number of nitrogens with zero attached hydrogens (tertiary/aromatic N) is 2. The summed E-state index contributed by atoms with van der Waals surface area (Å²) in [5.74, 6) is -2.46. The summed E-state index contributed by atoms with van der Waals surface area (Å²) in [6, 6.07) is 6.43. The molecule has 0 spiro atoms. The number of likely N-dealkylation sites (N-methyl/N-ethyl adjacent to an activating group) is 1. The molecule has 2 rings (SSSR count). The number of amides is 5. The molecule has 1 N–H and O–H groups in total. The minimum absolute atomic E-state index is 0.483. The maximum Gasteiger partial charge on any atom is 0.334 e. The third kappa shape index (κ3) is 2.91. The van der Waals surface area contributed by atoms with Gasteiger partial charge in [-0.2, -0.15) is 0 Å². The molecule has 0 aliphatic carbocycles. The molecule has 0 aromatic heterocycles. The van der Waals surface area contributed by atoms with Crippen molar-refractivity contribution in [3.8, 4) is 0 Å². The quantitative estimate of drug-likeness (QED) is 0.650. The number of rotatable bonds is 4. The molecule has 1 heterocycles. The molecule has 0 bridgehead atoms. The summed E-state index contributed by atoms with van der Waals surface area (Å²) in [6.45, 7) is 1.54. The fourth-order valence-electron chi connectivity index (χ4n) is 1.92. The first-order valence-electron chi connectivity index (χ1n) is 6.46. The van der Waals surface area contributed by atoms with Crippen molar-refractivity contribution in [2.24, 2.45) is 0 Å². The Morgan fingerprint density at radius 3 is 2.19 bits per heavy atom. The Labute approximate surface area is 121 Å². The Balaban J connectivity index is 2.00. The SMILES string of the molecule is CCc1ccc(NC(=O)CN2C(=O)C(=O)N(C)C2=O)cc1. The Bertz CT molecular complexity index is 609. The van der Waals surface area contributed by atoms with E-state index in [0.29, 0.717) is 15.5 Å². The van der Waals surface area contributed by atoms with E-state index in [-0.39, 0.29) is 0 Å². The molecule has 1 aromatic rings. The van der Waals surface area contributed by atoms with Crippen molar-refractivity contribution in [1.82, 2.24) is 9.80 Å². The van der Waals surface area contributed by atoms with Crippen molar-refractivity contribution in [3.63, 3.8) is 0 Å². The summed E-state index contributed by atoms with van der Waals surface area (Å²) in [5, 5.41) is 2.58. The standard InChI is InChI=1S/C14H15N3O4/c1-3-9-4-6-10(7-5-9)15-11(18)8-17-13(20)12(19)16(2)14(17)21/h4-7H,3,8H2,1-2H3,(H,15,18). The van der Waals surface area contributed by atoms with Crippen LogP contribution in [0.5, 0.6) is 0 Å². The van der Waals surface area contributed by atoms with Crippen LogP contribution in [0.3, 0.4) is 0 Å². The van der Waals surface area contributed by atoms with Gasteiger partial charge in [-0.15, -0.1) is 0 Å². The van der Waals surface area contributed by atoms with Gasteiger partial charge >= 0.3 is 17.8 Å². The van der Waals surface area contributed by atoms with Gasteiger partial charge in [0, 0.05) is 12.7 Å². The van der Waals surface area contributed by atoms with Crippen LogP contribution in [0.15, 0.2) is 24.3 Å². The van der Waals surface area contributed by atoms with Crippen LogP contribution >= 0.6 is 0 Å². The minimum Gasteiger partial charge on any atom is -0.325 e. The predicted octanol–water partition coefficient (Wildman–Crippen LogP) is 0.608. The molecule has 7 nitrogen and oxygen atoms in total. The number of aryl methyl sites for hydroxylation is 1. The maximum absolute atomic E-state index is 11.8. The third-order valence-electron chi connectivity index (χ3n) is 3.20. The smallest absolute Gasteiger partial charge is 0.325 e. The number of benzene rings is 1. The van der Waals surface area contributed by atoms with Crippen molar-refractivity contribution >= 4 is 29.4 Å². The molecule has 110 valence electrons. The number of anilines is 1. The number of urea groups is 1.